The van der Waals surface area contributed by atoms with Gasteiger partial charge in [0.1, 0.15) is 0 Å². The van der Waals surface area contributed by atoms with Gasteiger partial charge in [-0.3, -0.25) is 4.79 Å². The Morgan fingerprint density at radius 1 is 1.05 bits per heavy atom. The van der Waals surface area contributed by atoms with Crippen LogP contribution in [-0.4, -0.2) is 22.2 Å². The molecule has 4 nitrogen and oxygen atoms in total. The van der Waals surface area contributed by atoms with Crippen LogP contribution in [0, 0.1) is 11.3 Å². The van der Waals surface area contributed by atoms with E-state index in [1.807, 2.05) is 27.7 Å². The lowest BCUT2D eigenvalue weighted by Gasteiger charge is -2.33. The second-order valence-electron chi connectivity index (χ2n) is 6.65. The number of aliphatic carboxylic acids is 2. The number of rotatable bonds is 11. The molecule has 0 aliphatic rings. The van der Waals surface area contributed by atoms with E-state index in [0.717, 1.165) is 25.7 Å². The van der Waals surface area contributed by atoms with Gasteiger partial charge < -0.3 is 10.2 Å². The summed E-state index contributed by atoms with van der Waals surface area (Å²) < 4.78 is 0. The third-order valence-electron chi connectivity index (χ3n) is 4.15. The SMILES string of the molecule is CCCCC(C)=C(C(=O)O)C(CCCC)(CC(C)C)C(=O)O. The van der Waals surface area contributed by atoms with Crippen molar-refractivity contribution in [3.8, 4) is 0 Å². The van der Waals surface area contributed by atoms with Crippen molar-refractivity contribution < 1.29 is 19.8 Å². The topological polar surface area (TPSA) is 74.6 Å². The van der Waals surface area contributed by atoms with Crippen molar-refractivity contribution in [2.75, 3.05) is 0 Å². The molecule has 128 valence electrons. The van der Waals surface area contributed by atoms with Crippen LogP contribution in [-0.2, 0) is 9.59 Å². The second kappa shape index (κ2) is 9.65. The summed E-state index contributed by atoms with van der Waals surface area (Å²) >= 11 is 0. The maximum absolute atomic E-state index is 12.1. The predicted molar refractivity (Wildman–Crippen MR) is 88.9 cm³/mol. The molecule has 1 unspecified atom stereocenters. The maximum atomic E-state index is 12.1. The van der Waals surface area contributed by atoms with Gasteiger partial charge in [0.15, 0.2) is 0 Å². The smallest absolute Gasteiger partial charge is 0.332 e. The average Bonchev–Trinajstić information content (AvgIpc) is 2.41. The van der Waals surface area contributed by atoms with Crippen molar-refractivity contribution >= 4 is 11.9 Å². The Kier molecular flexibility index (Phi) is 9.07. The van der Waals surface area contributed by atoms with Gasteiger partial charge in [-0.05, 0) is 38.5 Å². The number of carbonyl (C=O) groups is 2. The highest BCUT2D eigenvalue weighted by Crippen LogP contribution is 2.42. The van der Waals surface area contributed by atoms with Gasteiger partial charge in [-0.25, -0.2) is 4.79 Å². The molecule has 0 spiro atoms. The number of carboxylic acids is 2. The van der Waals surface area contributed by atoms with Crippen LogP contribution in [0.5, 0.6) is 0 Å². The molecule has 0 heterocycles. The molecule has 0 saturated carbocycles. The van der Waals surface area contributed by atoms with Crippen LogP contribution in [0.4, 0.5) is 0 Å². The van der Waals surface area contributed by atoms with E-state index in [4.69, 9.17) is 0 Å². The summed E-state index contributed by atoms with van der Waals surface area (Å²) in [6.45, 7) is 9.72. The van der Waals surface area contributed by atoms with E-state index in [1.165, 1.54) is 0 Å². The summed E-state index contributed by atoms with van der Waals surface area (Å²) in [5, 5.41) is 19.6. The second-order valence-corrected chi connectivity index (χ2v) is 6.65. The molecule has 0 aliphatic carbocycles. The van der Waals surface area contributed by atoms with Crippen LogP contribution in [0.15, 0.2) is 11.1 Å². The normalized spacial score (nSPS) is 15.4. The fourth-order valence-electron chi connectivity index (χ4n) is 3.17. The zero-order chi connectivity index (χ0) is 17.3. The lowest BCUT2D eigenvalue weighted by molar-refractivity contribution is -0.151. The lowest BCUT2D eigenvalue weighted by Crippen LogP contribution is -2.38. The Hall–Kier alpha value is -1.32. The summed E-state index contributed by atoms with van der Waals surface area (Å²) in [6, 6.07) is 0. The monoisotopic (exact) mass is 312 g/mol. The Bertz CT molecular complexity index is 409. The van der Waals surface area contributed by atoms with Crippen molar-refractivity contribution in [3.63, 3.8) is 0 Å². The Morgan fingerprint density at radius 3 is 1.95 bits per heavy atom. The van der Waals surface area contributed by atoms with Crippen LogP contribution in [0.1, 0.15) is 79.6 Å². The molecule has 0 rings (SSSR count). The molecule has 1 atom stereocenters. The summed E-state index contributed by atoms with van der Waals surface area (Å²) in [5.41, 5.74) is -0.433. The van der Waals surface area contributed by atoms with E-state index in [9.17, 15) is 19.8 Å². The van der Waals surface area contributed by atoms with E-state index in [2.05, 4.69) is 0 Å². The summed E-state index contributed by atoms with van der Waals surface area (Å²) in [5.74, 6) is -1.95. The number of hydrogen-bond donors (Lipinski definition) is 2. The molecule has 0 saturated heterocycles. The Labute approximate surface area is 134 Å². The minimum atomic E-state index is -1.27. The third-order valence-corrected chi connectivity index (χ3v) is 4.15. The molecule has 0 radical (unpaired) electrons. The molecule has 4 heteroatoms. The van der Waals surface area contributed by atoms with Gasteiger partial charge >= 0.3 is 11.9 Å². The minimum absolute atomic E-state index is 0.121. The van der Waals surface area contributed by atoms with Gasteiger partial charge in [0, 0.05) is 0 Å². The van der Waals surface area contributed by atoms with Crippen molar-refractivity contribution in [3.05, 3.63) is 11.1 Å². The fourth-order valence-corrected chi connectivity index (χ4v) is 3.17. The molecule has 2 N–H and O–H groups in total. The van der Waals surface area contributed by atoms with E-state index in [-0.39, 0.29) is 11.5 Å². The van der Waals surface area contributed by atoms with Gasteiger partial charge in [-0.15, -0.1) is 0 Å². The summed E-state index contributed by atoms with van der Waals surface area (Å²) in [6.07, 6.45) is 4.83. The first kappa shape index (κ1) is 20.7. The van der Waals surface area contributed by atoms with Crippen molar-refractivity contribution in [1.82, 2.24) is 0 Å². The van der Waals surface area contributed by atoms with Crippen LogP contribution in [0.25, 0.3) is 0 Å². The molecule has 0 amide bonds. The number of carboxylic acid groups (broad SMARTS) is 2. The fraction of sp³-hybridized carbons (Fsp3) is 0.778. The highest BCUT2D eigenvalue weighted by Gasteiger charge is 2.46. The molecule has 0 fully saturated rings. The minimum Gasteiger partial charge on any atom is -0.481 e. The largest absolute Gasteiger partial charge is 0.481 e. The van der Waals surface area contributed by atoms with Crippen LogP contribution >= 0.6 is 0 Å². The molecule has 0 aromatic heterocycles. The maximum Gasteiger partial charge on any atom is 0.332 e. The van der Waals surface area contributed by atoms with Crippen LogP contribution in [0.3, 0.4) is 0 Å². The number of unbranched alkanes of at least 4 members (excludes halogenated alkanes) is 2. The highest BCUT2D eigenvalue weighted by atomic mass is 16.4. The van der Waals surface area contributed by atoms with Crippen molar-refractivity contribution in [2.24, 2.45) is 11.3 Å². The first-order valence-corrected chi connectivity index (χ1v) is 8.39. The van der Waals surface area contributed by atoms with Gasteiger partial charge in [-0.1, -0.05) is 52.5 Å². The zero-order valence-electron chi connectivity index (χ0n) is 14.7. The molecule has 0 aliphatic heterocycles. The van der Waals surface area contributed by atoms with Crippen molar-refractivity contribution in [1.29, 1.82) is 0 Å². The first-order chi connectivity index (χ1) is 10.2. The standard InChI is InChI=1S/C18H32O4/c1-6-8-10-14(5)15(16(19)20)18(17(21)22,11-9-7-2)12-13(3)4/h13H,6-12H2,1-5H3,(H,19,20)(H,21,22). The van der Waals surface area contributed by atoms with E-state index in [1.54, 1.807) is 6.92 Å². The first-order valence-electron chi connectivity index (χ1n) is 8.39. The molecule has 22 heavy (non-hydrogen) atoms. The van der Waals surface area contributed by atoms with E-state index in [0.29, 0.717) is 24.8 Å². The number of allylic oxidation sites excluding steroid dienone is 1. The average molecular weight is 312 g/mol. The third kappa shape index (κ3) is 5.47. The van der Waals surface area contributed by atoms with Crippen LogP contribution in [0.2, 0.25) is 0 Å². The molecular formula is C18H32O4. The van der Waals surface area contributed by atoms with Gasteiger partial charge in [0.25, 0.3) is 0 Å². The van der Waals surface area contributed by atoms with Gasteiger partial charge in [0.05, 0.1) is 11.0 Å². The van der Waals surface area contributed by atoms with E-state index >= 15 is 0 Å². The quantitative estimate of drug-likeness (QED) is 0.533. The van der Waals surface area contributed by atoms with Crippen molar-refractivity contribution in [2.45, 2.75) is 79.6 Å². The molecule has 0 bridgehead atoms. The van der Waals surface area contributed by atoms with Crippen LogP contribution < -0.4 is 0 Å². The van der Waals surface area contributed by atoms with Gasteiger partial charge in [-0.2, -0.15) is 0 Å². The number of hydrogen-bond acceptors (Lipinski definition) is 2. The Morgan fingerprint density at radius 2 is 1.59 bits per heavy atom. The molecule has 0 aromatic carbocycles. The highest BCUT2D eigenvalue weighted by molar-refractivity contribution is 5.97. The lowest BCUT2D eigenvalue weighted by atomic mass is 9.68. The summed E-state index contributed by atoms with van der Waals surface area (Å²) in [7, 11) is 0. The molecule has 0 aromatic rings. The Balaban J connectivity index is 6.02. The summed E-state index contributed by atoms with van der Waals surface area (Å²) in [4.78, 5) is 24.0. The molecular weight excluding hydrogens is 280 g/mol. The van der Waals surface area contributed by atoms with E-state index < -0.39 is 17.4 Å². The predicted octanol–water partition coefficient (Wildman–Crippen LogP) is 4.89. The zero-order valence-corrected chi connectivity index (χ0v) is 14.7. The van der Waals surface area contributed by atoms with Gasteiger partial charge in [0.2, 0.25) is 0 Å².